The van der Waals surface area contributed by atoms with Crippen LogP contribution in [0.25, 0.3) is 0 Å². The minimum absolute atomic E-state index is 0.0260. The van der Waals surface area contributed by atoms with Gasteiger partial charge in [-0.3, -0.25) is 0 Å². The molecule has 0 bridgehead atoms. The summed E-state index contributed by atoms with van der Waals surface area (Å²) < 4.78 is 13.2. The number of benzene rings is 1. The standard InChI is InChI=1S/C11H13ClFNO/c12-7-4-5-8(13)11(15)10(7)9-3-1-2-6-14-9/h4-5,9,14-15H,1-3,6H2/t9-/m1/s1. The van der Waals surface area contributed by atoms with Gasteiger partial charge in [0, 0.05) is 16.6 Å². The molecule has 2 rings (SSSR count). The molecule has 2 nitrogen and oxygen atoms in total. The maximum Gasteiger partial charge on any atom is 0.165 e. The Hall–Kier alpha value is -0.800. The second-order valence-corrected chi connectivity index (χ2v) is 4.20. The molecule has 4 heteroatoms. The van der Waals surface area contributed by atoms with Crippen molar-refractivity contribution in [3.63, 3.8) is 0 Å². The van der Waals surface area contributed by atoms with Crippen LogP contribution in [0.2, 0.25) is 5.02 Å². The molecule has 0 radical (unpaired) electrons. The van der Waals surface area contributed by atoms with Crippen LogP contribution in [-0.4, -0.2) is 11.7 Å². The second-order valence-electron chi connectivity index (χ2n) is 3.79. The lowest BCUT2D eigenvalue weighted by molar-refractivity contribution is 0.377. The third-order valence-corrected chi connectivity index (χ3v) is 3.10. The van der Waals surface area contributed by atoms with Crippen LogP contribution >= 0.6 is 11.6 Å². The highest BCUT2D eigenvalue weighted by Crippen LogP contribution is 2.36. The molecule has 1 aliphatic heterocycles. The zero-order valence-electron chi connectivity index (χ0n) is 8.26. The number of rotatable bonds is 1. The van der Waals surface area contributed by atoms with Crippen molar-refractivity contribution in [3.8, 4) is 5.75 Å². The Morgan fingerprint density at radius 1 is 1.40 bits per heavy atom. The van der Waals surface area contributed by atoms with E-state index in [1.165, 1.54) is 12.1 Å². The number of nitrogens with one attached hydrogen (secondary N) is 1. The van der Waals surface area contributed by atoms with E-state index >= 15 is 0 Å². The molecule has 0 amide bonds. The molecule has 0 unspecified atom stereocenters. The van der Waals surface area contributed by atoms with Gasteiger partial charge in [-0.2, -0.15) is 0 Å². The van der Waals surface area contributed by atoms with E-state index in [0.717, 1.165) is 25.8 Å². The number of hydrogen-bond acceptors (Lipinski definition) is 2. The van der Waals surface area contributed by atoms with Gasteiger partial charge in [0.1, 0.15) is 0 Å². The van der Waals surface area contributed by atoms with Crippen LogP contribution in [0, 0.1) is 5.82 Å². The first-order valence-corrected chi connectivity index (χ1v) is 5.48. The molecule has 0 aliphatic carbocycles. The molecule has 1 aliphatic rings. The predicted octanol–water partition coefficient (Wildman–Crippen LogP) is 3.00. The van der Waals surface area contributed by atoms with Crippen LogP contribution in [0.4, 0.5) is 4.39 Å². The third-order valence-electron chi connectivity index (χ3n) is 2.77. The first-order chi connectivity index (χ1) is 7.20. The number of phenolic OH excluding ortho intramolecular Hbond substituents is 1. The zero-order chi connectivity index (χ0) is 10.8. The summed E-state index contributed by atoms with van der Waals surface area (Å²) in [5.74, 6) is -0.927. The van der Waals surface area contributed by atoms with E-state index in [1.54, 1.807) is 0 Å². The quantitative estimate of drug-likeness (QED) is 0.776. The molecular formula is C11H13ClFNO. The van der Waals surface area contributed by atoms with E-state index in [9.17, 15) is 9.50 Å². The number of piperidine rings is 1. The minimum Gasteiger partial charge on any atom is -0.505 e. The molecule has 1 aromatic carbocycles. The van der Waals surface area contributed by atoms with Gasteiger partial charge >= 0.3 is 0 Å². The van der Waals surface area contributed by atoms with E-state index in [2.05, 4.69) is 5.32 Å². The van der Waals surface area contributed by atoms with Gasteiger partial charge in [-0.25, -0.2) is 4.39 Å². The van der Waals surface area contributed by atoms with E-state index in [0.29, 0.717) is 10.6 Å². The molecular weight excluding hydrogens is 217 g/mol. The summed E-state index contributed by atoms with van der Waals surface area (Å²) in [5, 5.41) is 13.3. The highest BCUT2D eigenvalue weighted by atomic mass is 35.5. The molecule has 1 fully saturated rings. The normalized spacial score (nSPS) is 21.6. The van der Waals surface area contributed by atoms with Crippen molar-refractivity contribution in [1.29, 1.82) is 0 Å². The number of halogens is 2. The van der Waals surface area contributed by atoms with Gasteiger partial charge in [-0.15, -0.1) is 0 Å². The van der Waals surface area contributed by atoms with Crippen LogP contribution < -0.4 is 5.32 Å². The van der Waals surface area contributed by atoms with E-state index in [1.807, 2.05) is 0 Å². The molecule has 0 aromatic heterocycles. The largest absolute Gasteiger partial charge is 0.505 e. The number of hydrogen-bond donors (Lipinski definition) is 2. The summed E-state index contributed by atoms with van der Waals surface area (Å²) >= 11 is 5.97. The first-order valence-electron chi connectivity index (χ1n) is 5.10. The van der Waals surface area contributed by atoms with Gasteiger partial charge in [0.05, 0.1) is 0 Å². The van der Waals surface area contributed by atoms with E-state index in [-0.39, 0.29) is 11.8 Å². The third kappa shape index (κ3) is 2.08. The molecule has 0 saturated carbocycles. The van der Waals surface area contributed by atoms with Crippen molar-refractivity contribution in [1.82, 2.24) is 5.32 Å². The highest BCUT2D eigenvalue weighted by molar-refractivity contribution is 6.31. The molecule has 1 heterocycles. The van der Waals surface area contributed by atoms with Crippen LogP contribution in [0.1, 0.15) is 30.9 Å². The predicted molar refractivity (Wildman–Crippen MR) is 57.7 cm³/mol. The Bertz CT molecular complexity index is 364. The smallest absolute Gasteiger partial charge is 0.165 e. The fourth-order valence-corrected chi connectivity index (χ4v) is 2.27. The summed E-state index contributed by atoms with van der Waals surface area (Å²) in [6.45, 7) is 0.886. The topological polar surface area (TPSA) is 32.3 Å². The lowest BCUT2D eigenvalue weighted by Gasteiger charge is -2.25. The number of aromatic hydroxyl groups is 1. The van der Waals surface area contributed by atoms with Crippen molar-refractivity contribution < 1.29 is 9.50 Å². The Morgan fingerprint density at radius 2 is 2.20 bits per heavy atom. The van der Waals surface area contributed by atoms with Gasteiger partial charge in [-0.1, -0.05) is 18.0 Å². The van der Waals surface area contributed by atoms with Gasteiger partial charge in [0.15, 0.2) is 11.6 Å². The van der Waals surface area contributed by atoms with E-state index < -0.39 is 5.82 Å². The highest BCUT2D eigenvalue weighted by Gasteiger charge is 2.22. The Balaban J connectivity index is 2.36. The fraction of sp³-hybridized carbons (Fsp3) is 0.455. The Labute approximate surface area is 93.1 Å². The minimum atomic E-state index is -0.609. The van der Waals surface area contributed by atoms with Crippen LogP contribution in [0.15, 0.2) is 12.1 Å². The fourth-order valence-electron chi connectivity index (χ4n) is 1.99. The van der Waals surface area contributed by atoms with Gasteiger partial charge in [-0.05, 0) is 31.5 Å². The zero-order valence-corrected chi connectivity index (χ0v) is 9.02. The van der Waals surface area contributed by atoms with Gasteiger partial charge in [0.25, 0.3) is 0 Å². The molecule has 15 heavy (non-hydrogen) atoms. The molecule has 1 saturated heterocycles. The monoisotopic (exact) mass is 229 g/mol. The van der Waals surface area contributed by atoms with Crippen LogP contribution in [0.3, 0.4) is 0 Å². The molecule has 1 aromatic rings. The SMILES string of the molecule is Oc1c(F)ccc(Cl)c1[C@H]1CCCCN1. The second kappa shape index (κ2) is 4.37. The molecule has 0 spiro atoms. The summed E-state index contributed by atoms with van der Waals surface area (Å²) in [4.78, 5) is 0. The van der Waals surface area contributed by atoms with Crippen molar-refractivity contribution >= 4 is 11.6 Å². The summed E-state index contributed by atoms with van der Waals surface area (Å²) in [7, 11) is 0. The average molecular weight is 230 g/mol. The van der Waals surface area contributed by atoms with Crippen molar-refractivity contribution in [2.75, 3.05) is 6.54 Å². The van der Waals surface area contributed by atoms with Crippen molar-refractivity contribution in [3.05, 3.63) is 28.5 Å². The summed E-state index contributed by atoms with van der Waals surface area (Å²) in [6, 6.07) is 2.65. The maximum absolute atomic E-state index is 13.2. The first kappa shape index (κ1) is 10.7. The van der Waals surface area contributed by atoms with Crippen molar-refractivity contribution in [2.24, 2.45) is 0 Å². The van der Waals surface area contributed by atoms with E-state index in [4.69, 9.17) is 11.6 Å². The average Bonchev–Trinajstić information content (AvgIpc) is 2.26. The molecule has 1 atom stereocenters. The van der Waals surface area contributed by atoms with Gasteiger partial charge in [0.2, 0.25) is 0 Å². The maximum atomic E-state index is 13.2. The molecule has 2 N–H and O–H groups in total. The van der Waals surface area contributed by atoms with Crippen molar-refractivity contribution in [2.45, 2.75) is 25.3 Å². The lowest BCUT2D eigenvalue weighted by Crippen LogP contribution is -2.27. The summed E-state index contributed by atoms with van der Waals surface area (Å²) in [6.07, 6.45) is 3.07. The Morgan fingerprint density at radius 3 is 2.87 bits per heavy atom. The van der Waals surface area contributed by atoms with Crippen LogP contribution in [-0.2, 0) is 0 Å². The number of phenols is 1. The Kier molecular flexibility index (Phi) is 3.12. The molecule has 82 valence electrons. The van der Waals surface area contributed by atoms with Crippen LogP contribution in [0.5, 0.6) is 5.75 Å². The summed E-state index contributed by atoms with van der Waals surface area (Å²) in [5.41, 5.74) is 0.497. The lowest BCUT2D eigenvalue weighted by atomic mass is 9.96. The van der Waals surface area contributed by atoms with Gasteiger partial charge < -0.3 is 10.4 Å².